The maximum Gasteiger partial charge on any atom is 0.226 e. The minimum absolute atomic E-state index is 0.105. The van der Waals surface area contributed by atoms with Crippen LogP contribution >= 0.6 is 23.2 Å². The van der Waals surface area contributed by atoms with E-state index < -0.39 is 0 Å². The van der Waals surface area contributed by atoms with Gasteiger partial charge in [0, 0.05) is 18.0 Å². The first kappa shape index (κ1) is 17.4. The number of carbonyl (C=O) groups excluding carboxylic acids is 1. The van der Waals surface area contributed by atoms with Crippen molar-refractivity contribution in [1.29, 1.82) is 0 Å². The summed E-state index contributed by atoms with van der Waals surface area (Å²) in [6.07, 6.45) is 0.302. The van der Waals surface area contributed by atoms with Gasteiger partial charge in [0.15, 0.2) is 0 Å². The quantitative estimate of drug-likeness (QED) is 0.788. The van der Waals surface area contributed by atoms with Gasteiger partial charge in [-0.1, -0.05) is 29.3 Å². The molecule has 2 aromatic rings. The molecule has 0 fully saturated rings. The molecule has 0 spiro atoms. The second-order valence-corrected chi connectivity index (χ2v) is 5.90. The zero-order valence-electron chi connectivity index (χ0n) is 13.0. The summed E-state index contributed by atoms with van der Waals surface area (Å²) < 4.78 is 5.24. The fourth-order valence-electron chi connectivity index (χ4n) is 2.08. The van der Waals surface area contributed by atoms with E-state index >= 15 is 0 Å². The molecule has 0 unspecified atom stereocenters. The average molecular weight is 353 g/mol. The van der Waals surface area contributed by atoms with Crippen molar-refractivity contribution in [2.24, 2.45) is 0 Å². The lowest BCUT2D eigenvalue weighted by Crippen LogP contribution is -2.16. The van der Waals surface area contributed by atoms with Gasteiger partial charge in [-0.3, -0.25) is 4.79 Å². The van der Waals surface area contributed by atoms with Crippen LogP contribution in [-0.4, -0.2) is 19.6 Å². The molecule has 0 saturated heterocycles. The third kappa shape index (κ3) is 5.05. The summed E-state index contributed by atoms with van der Waals surface area (Å²) in [6.45, 7) is 2.42. The monoisotopic (exact) mass is 352 g/mol. The number of anilines is 2. The van der Waals surface area contributed by atoms with Crippen LogP contribution < -0.4 is 15.4 Å². The first-order chi connectivity index (χ1) is 11.0. The number of ether oxygens (including phenoxy) is 1. The SMILES string of the molecule is COc1ccc(C)cc1NC(=O)CCNc1ccc(Cl)cc1Cl. The molecule has 0 aliphatic rings. The summed E-state index contributed by atoms with van der Waals surface area (Å²) in [4.78, 5) is 12.1. The molecule has 0 heterocycles. The number of methoxy groups -OCH3 is 1. The predicted octanol–water partition coefficient (Wildman–Crippen LogP) is 4.75. The minimum Gasteiger partial charge on any atom is -0.495 e. The van der Waals surface area contributed by atoms with E-state index in [1.807, 2.05) is 25.1 Å². The minimum atomic E-state index is -0.105. The Kier molecular flexibility index (Phi) is 6.13. The van der Waals surface area contributed by atoms with Crippen LogP contribution in [-0.2, 0) is 4.79 Å². The Balaban J connectivity index is 1.89. The van der Waals surface area contributed by atoms with Crippen LogP contribution in [0.3, 0.4) is 0 Å². The molecule has 0 aliphatic carbocycles. The van der Waals surface area contributed by atoms with Crippen LogP contribution in [0.1, 0.15) is 12.0 Å². The number of carbonyl (C=O) groups is 1. The maximum atomic E-state index is 12.1. The van der Waals surface area contributed by atoms with Gasteiger partial charge in [0.05, 0.1) is 23.5 Å². The van der Waals surface area contributed by atoms with E-state index in [0.717, 1.165) is 11.3 Å². The maximum absolute atomic E-state index is 12.1. The molecular formula is C17H18Cl2N2O2. The Morgan fingerprint density at radius 2 is 1.91 bits per heavy atom. The van der Waals surface area contributed by atoms with Gasteiger partial charge in [0.1, 0.15) is 5.75 Å². The Bertz CT molecular complexity index is 705. The molecule has 23 heavy (non-hydrogen) atoms. The molecule has 0 aromatic heterocycles. The molecular weight excluding hydrogens is 335 g/mol. The largest absolute Gasteiger partial charge is 0.495 e. The van der Waals surface area contributed by atoms with E-state index in [9.17, 15) is 4.79 Å². The number of hydrogen-bond donors (Lipinski definition) is 2. The fourth-order valence-corrected chi connectivity index (χ4v) is 2.55. The number of amides is 1. The standard InChI is InChI=1S/C17H18Cl2N2O2/c1-11-3-6-16(23-2)15(9-11)21-17(22)7-8-20-14-5-4-12(18)10-13(14)19/h3-6,9-10,20H,7-8H2,1-2H3,(H,21,22). The number of aryl methyl sites for hydroxylation is 1. The zero-order chi connectivity index (χ0) is 16.8. The molecule has 122 valence electrons. The Hall–Kier alpha value is -1.91. The lowest BCUT2D eigenvalue weighted by molar-refractivity contribution is -0.115. The Morgan fingerprint density at radius 3 is 2.61 bits per heavy atom. The van der Waals surface area contributed by atoms with E-state index in [1.54, 1.807) is 25.3 Å². The van der Waals surface area contributed by atoms with Crippen LogP contribution in [0, 0.1) is 6.92 Å². The Labute approximate surface area is 145 Å². The number of rotatable bonds is 6. The van der Waals surface area contributed by atoms with Crippen LogP contribution in [0.15, 0.2) is 36.4 Å². The van der Waals surface area contributed by atoms with Crippen LogP contribution in [0.2, 0.25) is 10.0 Å². The lowest BCUT2D eigenvalue weighted by Gasteiger charge is -2.12. The first-order valence-electron chi connectivity index (χ1n) is 7.13. The van der Waals surface area contributed by atoms with Crippen molar-refractivity contribution in [2.45, 2.75) is 13.3 Å². The second-order valence-electron chi connectivity index (χ2n) is 5.05. The molecule has 0 atom stereocenters. The number of hydrogen-bond acceptors (Lipinski definition) is 3. The smallest absolute Gasteiger partial charge is 0.226 e. The van der Waals surface area contributed by atoms with E-state index in [-0.39, 0.29) is 5.91 Å². The van der Waals surface area contributed by atoms with Crippen LogP contribution in [0.5, 0.6) is 5.75 Å². The zero-order valence-corrected chi connectivity index (χ0v) is 14.5. The molecule has 0 radical (unpaired) electrons. The molecule has 2 aromatic carbocycles. The normalized spacial score (nSPS) is 10.3. The van der Waals surface area contributed by atoms with Crippen molar-refractivity contribution >= 4 is 40.5 Å². The molecule has 4 nitrogen and oxygen atoms in total. The summed E-state index contributed by atoms with van der Waals surface area (Å²) in [5, 5.41) is 7.07. The summed E-state index contributed by atoms with van der Waals surface area (Å²) >= 11 is 11.9. The van der Waals surface area contributed by atoms with Crippen molar-refractivity contribution in [2.75, 3.05) is 24.3 Å². The highest BCUT2D eigenvalue weighted by atomic mass is 35.5. The van der Waals surface area contributed by atoms with Gasteiger partial charge in [-0.25, -0.2) is 0 Å². The molecule has 0 bridgehead atoms. The Morgan fingerprint density at radius 1 is 1.13 bits per heavy atom. The van der Waals surface area contributed by atoms with Gasteiger partial charge in [-0.15, -0.1) is 0 Å². The third-order valence-electron chi connectivity index (χ3n) is 3.23. The highest BCUT2D eigenvalue weighted by Gasteiger charge is 2.08. The van der Waals surface area contributed by atoms with E-state index in [0.29, 0.717) is 34.4 Å². The average Bonchev–Trinajstić information content (AvgIpc) is 2.50. The van der Waals surface area contributed by atoms with Crippen LogP contribution in [0.4, 0.5) is 11.4 Å². The van der Waals surface area contributed by atoms with Crippen molar-refractivity contribution in [3.8, 4) is 5.75 Å². The molecule has 0 saturated carbocycles. The molecule has 0 aliphatic heterocycles. The van der Waals surface area contributed by atoms with Gasteiger partial charge in [0.2, 0.25) is 5.91 Å². The number of nitrogens with one attached hydrogen (secondary N) is 2. The summed E-state index contributed by atoms with van der Waals surface area (Å²) in [5.41, 5.74) is 2.46. The van der Waals surface area contributed by atoms with Crippen molar-refractivity contribution in [3.05, 3.63) is 52.0 Å². The van der Waals surface area contributed by atoms with Gasteiger partial charge in [-0.05, 0) is 42.8 Å². The first-order valence-corrected chi connectivity index (χ1v) is 7.88. The van der Waals surface area contributed by atoms with E-state index in [1.165, 1.54) is 0 Å². The highest BCUT2D eigenvalue weighted by Crippen LogP contribution is 2.26. The highest BCUT2D eigenvalue weighted by molar-refractivity contribution is 6.36. The molecule has 6 heteroatoms. The van der Waals surface area contributed by atoms with Crippen molar-refractivity contribution in [3.63, 3.8) is 0 Å². The summed E-state index contributed by atoms with van der Waals surface area (Å²) in [5.74, 6) is 0.532. The third-order valence-corrected chi connectivity index (χ3v) is 3.78. The van der Waals surface area contributed by atoms with Gasteiger partial charge < -0.3 is 15.4 Å². The van der Waals surface area contributed by atoms with E-state index in [2.05, 4.69) is 10.6 Å². The van der Waals surface area contributed by atoms with Gasteiger partial charge >= 0.3 is 0 Å². The molecule has 2 N–H and O–H groups in total. The lowest BCUT2D eigenvalue weighted by atomic mass is 10.2. The topological polar surface area (TPSA) is 50.4 Å². The second kappa shape index (κ2) is 8.09. The van der Waals surface area contributed by atoms with Gasteiger partial charge in [-0.2, -0.15) is 0 Å². The summed E-state index contributed by atoms with van der Waals surface area (Å²) in [6, 6.07) is 10.8. The van der Waals surface area contributed by atoms with Crippen LogP contribution in [0.25, 0.3) is 0 Å². The number of benzene rings is 2. The number of halogens is 2. The fraction of sp³-hybridized carbons (Fsp3) is 0.235. The van der Waals surface area contributed by atoms with Crippen molar-refractivity contribution in [1.82, 2.24) is 0 Å². The predicted molar refractivity (Wildman–Crippen MR) is 95.9 cm³/mol. The molecule has 2 rings (SSSR count). The van der Waals surface area contributed by atoms with Crippen molar-refractivity contribution < 1.29 is 9.53 Å². The van der Waals surface area contributed by atoms with Gasteiger partial charge in [0.25, 0.3) is 0 Å². The molecule has 1 amide bonds. The summed E-state index contributed by atoms with van der Waals surface area (Å²) in [7, 11) is 1.57. The van der Waals surface area contributed by atoms with E-state index in [4.69, 9.17) is 27.9 Å².